The minimum atomic E-state index is -0.782. The minimum Gasteiger partial charge on any atom is -0.494 e. The summed E-state index contributed by atoms with van der Waals surface area (Å²) in [7, 11) is 0. The van der Waals surface area contributed by atoms with Gasteiger partial charge in [0.2, 0.25) is 0 Å². The van der Waals surface area contributed by atoms with Gasteiger partial charge in [0.05, 0.1) is 12.7 Å². The molecule has 0 amide bonds. The van der Waals surface area contributed by atoms with Crippen molar-refractivity contribution in [3.63, 3.8) is 0 Å². The van der Waals surface area contributed by atoms with Crippen LogP contribution >= 0.6 is 0 Å². The van der Waals surface area contributed by atoms with Crippen LogP contribution in [0, 0.1) is 5.82 Å². The normalized spacial score (nSPS) is 12.6. The molecule has 0 radical (unpaired) electrons. The molecule has 0 unspecified atom stereocenters. The van der Waals surface area contributed by atoms with E-state index in [0.29, 0.717) is 17.9 Å². The van der Waals surface area contributed by atoms with Crippen molar-refractivity contribution in [2.24, 2.45) is 0 Å². The van der Waals surface area contributed by atoms with Crippen molar-refractivity contribution in [3.05, 3.63) is 29.6 Å². The molecule has 0 saturated carbocycles. The van der Waals surface area contributed by atoms with E-state index in [4.69, 9.17) is 4.74 Å². The maximum absolute atomic E-state index is 13.3. The highest BCUT2D eigenvalue weighted by Crippen LogP contribution is 2.21. The van der Waals surface area contributed by atoms with Crippen LogP contribution < -0.4 is 4.74 Å². The van der Waals surface area contributed by atoms with Crippen molar-refractivity contribution >= 4 is 0 Å². The van der Waals surface area contributed by atoms with Crippen LogP contribution in [0.4, 0.5) is 4.39 Å². The van der Waals surface area contributed by atoms with Crippen molar-refractivity contribution in [3.8, 4) is 5.75 Å². The molecule has 14 heavy (non-hydrogen) atoms. The molecule has 1 aromatic carbocycles. The molecule has 0 aliphatic carbocycles. The van der Waals surface area contributed by atoms with Gasteiger partial charge in [0.25, 0.3) is 0 Å². The fraction of sp³-hybridized carbons (Fsp3) is 0.455. The van der Waals surface area contributed by atoms with Crippen LogP contribution in [0.5, 0.6) is 5.75 Å². The molecule has 0 fully saturated rings. The average molecular weight is 198 g/mol. The van der Waals surface area contributed by atoms with Crippen molar-refractivity contribution < 1.29 is 14.2 Å². The van der Waals surface area contributed by atoms with Gasteiger partial charge in [0.1, 0.15) is 11.6 Å². The number of hydrogen-bond acceptors (Lipinski definition) is 2. The largest absolute Gasteiger partial charge is 0.494 e. The molecule has 0 aliphatic heterocycles. The van der Waals surface area contributed by atoms with Crippen LogP contribution in [-0.2, 0) is 0 Å². The molecular weight excluding hydrogens is 183 g/mol. The summed E-state index contributed by atoms with van der Waals surface area (Å²) < 4.78 is 18.5. The number of aliphatic hydroxyl groups excluding tert-OH is 1. The van der Waals surface area contributed by atoms with E-state index < -0.39 is 11.9 Å². The monoisotopic (exact) mass is 198 g/mol. The van der Waals surface area contributed by atoms with Crippen LogP contribution in [0.15, 0.2) is 18.2 Å². The molecule has 78 valence electrons. The fourth-order valence-electron chi connectivity index (χ4n) is 1.16. The number of aliphatic hydroxyl groups is 1. The van der Waals surface area contributed by atoms with E-state index in [-0.39, 0.29) is 0 Å². The lowest BCUT2D eigenvalue weighted by molar-refractivity contribution is 0.194. The van der Waals surface area contributed by atoms with E-state index in [2.05, 4.69) is 0 Å². The number of benzene rings is 1. The lowest BCUT2D eigenvalue weighted by Crippen LogP contribution is -1.99. The second kappa shape index (κ2) is 4.96. The summed E-state index contributed by atoms with van der Waals surface area (Å²) in [6, 6.07) is 4.52. The Morgan fingerprint density at radius 1 is 1.50 bits per heavy atom. The van der Waals surface area contributed by atoms with Gasteiger partial charge >= 0.3 is 0 Å². The summed E-state index contributed by atoms with van der Waals surface area (Å²) >= 11 is 0. The van der Waals surface area contributed by atoms with Crippen LogP contribution in [0.1, 0.15) is 31.9 Å². The third kappa shape index (κ3) is 2.70. The van der Waals surface area contributed by atoms with Crippen LogP contribution in [0.2, 0.25) is 0 Å². The fourth-order valence-corrected chi connectivity index (χ4v) is 1.16. The van der Waals surface area contributed by atoms with E-state index in [1.165, 1.54) is 13.0 Å². The summed E-state index contributed by atoms with van der Waals surface area (Å²) in [4.78, 5) is 0. The zero-order chi connectivity index (χ0) is 10.6. The van der Waals surface area contributed by atoms with Crippen molar-refractivity contribution in [2.75, 3.05) is 6.61 Å². The van der Waals surface area contributed by atoms with Gasteiger partial charge in [-0.1, -0.05) is 6.92 Å². The van der Waals surface area contributed by atoms with Crippen molar-refractivity contribution in [1.29, 1.82) is 0 Å². The molecule has 1 atom stereocenters. The van der Waals surface area contributed by atoms with Gasteiger partial charge < -0.3 is 9.84 Å². The number of hydrogen-bond donors (Lipinski definition) is 1. The molecule has 0 bridgehead atoms. The van der Waals surface area contributed by atoms with Crippen LogP contribution in [0.25, 0.3) is 0 Å². The second-order valence-corrected chi connectivity index (χ2v) is 3.21. The average Bonchev–Trinajstić information content (AvgIpc) is 2.14. The van der Waals surface area contributed by atoms with E-state index in [1.807, 2.05) is 6.92 Å². The Kier molecular flexibility index (Phi) is 3.89. The highest BCUT2D eigenvalue weighted by Gasteiger charge is 2.08. The third-order valence-corrected chi connectivity index (χ3v) is 1.89. The molecule has 0 aliphatic rings. The molecule has 1 rings (SSSR count). The molecule has 0 spiro atoms. The molecule has 1 aromatic rings. The predicted octanol–water partition coefficient (Wildman–Crippen LogP) is 2.67. The number of ether oxygens (including phenoxy) is 1. The standard InChI is InChI=1S/C11H15FO2/c1-3-6-14-9-4-5-10(8(2)13)11(12)7-9/h4-5,7-8,13H,3,6H2,1-2H3/t8-/m1/s1. The van der Waals surface area contributed by atoms with E-state index >= 15 is 0 Å². The molecular formula is C11H15FO2. The van der Waals surface area contributed by atoms with Crippen molar-refractivity contribution in [1.82, 2.24) is 0 Å². The SMILES string of the molecule is CCCOc1ccc([C@@H](C)O)c(F)c1. The van der Waals surface area contributed by atoms with Gasteiger partial charge in [-0.15, -0.1) is 0 Å². The maximum atomic E-state index is 13.3. The van der Waals surface area contributed by atoms with Gasteiger partial charge in [0.15, 0.2) is 0 Å². The molecule has 3 heteroatoms. The van der Waals surface area contributed by atoms with Gasteiger partial charge in [-0.25, -0.2) is 4.39 Å². The highest BCUT2D eigenvalue weighted by molar-refractivity contribution is 5.29. The molecule has 0 aromatic heterocycles. The Labute approximate surface area is 83.3 Å². The Morgan fingerprint density at radius 3 is 2.71 bits per heavy atom. The first-order valence-corrected chi connectivity index (χ1v) is 4.75. The predicted molar refractivity (Wildman–Crippen MR) is 52.8 cm³/mol. The molecule has 0 heterocycles. The Bertz CT molecular complexity index is 297. The Morgan fingerprint density at radius 2 is 2.21 bits per heavy atom. The summed E-state index contributed by atoms with van der Waals surface area (Å²) in [5.74, 6) is 0.0855. The summed E-state index contributed by atoms with van der Waals surface area (Å²) in [6.07, 6.45) is 0.106. The van der Waals surface area contributed by atoms with E-state index in [0.717, 1.165) is 6.42 Å². The van der Waals surface area contributed by atoms with E-state index in [1.54, 1.807) is 12.1 Å². The first-order chi connectivity index (χ1) is 6.65. The Hall–Kier alpha value is -1.09. The zero-order valence-corrected chi connectivity index (χ0v) is 8.46. The summed E-state index contributed by atoms with van der Waals surface area (Å²) in [6.45, 7) is 4.10. The second-order valence-electron chi connectivity index (χ2n) is 3.21. The summed E-state index contributed by atoms with van der Waals surface area (Å²) in [5, 5.41) is 9.19. The third-order valence-electron chi connectivity index (χ3n) is 1.89. The quantitative estimate of drug-likeness (QED) is 0.806. The topological polar surface area (TPSA) is 29.5 Å². The van der Waals surface area contributed by atoms with Crippen LogP contribution in [0.3, 0.4) is 0 Å². The molecule has 0 saturated heterocycles. The lowest BCUT2D eigenvalue weighted by atomic mass is 10.1. The smallest absolute Gasteiger partial charge is 0.132 e. The number of rotatable bonds is 4. The van der Waals surface area contributed by atoms with Crippen LogP contribution in [-0.4, -0.2) is 11.7 Å². The highest BCUT2D eigenvalue weighted by atomic mass is 19.1. The lowest BCUT2D eigenvalue weighted by Gasteiger charge is -2.09. The summed E-state index contributed by atoms with van der Waals surface area (Å²) in [5.41, 5.74) is 0.300. The van der Waals surface area contributed by atoms with E-state index in [9.17, 15) is 9.50 Å². The van der Waals surface area contributed by atoms with Gasteiger partial charge in [0, 0.05) is 11.6 Å². The first-order valence-electron chi connectivity index (χ1n) is 4.75. The van der Waals surface area contributed by atoms with Gasteiger partial charge in [-0.05, 0) is 25.5 Å². The molecule has 1 N–H and O–H groups in total. The number of halogens is 1. The van der Waals surface area contributed by atoms with Gasteiger partial charge in [-0.3, -0.25) is 0 Å². The maximum Gasteiger partial charge on any atom is 0.132 e. The zero-order valence-electron chi connectivity index (χ0n) is 8.46. The van der Waals surface area contributed by atoms with Gasteiger partial charge in [-0.2, -0.15) is 0 Å². The van der Waals surface area contributed by atoms with Crippen molar-refractivity contribution in [2.45, 2.75) is 26.4 Å². The molecule has 2 nitrogen and oxygen atoms in total. The minimum absolute atomic E-state index is 0.300. The Balaban J connectivity index is 2.78. The first kappa shape index (κ1) is 11.0.